The van der Waals surface area contributed by atoms with Gasteiger partial charge in [0.15, 0.2) is 5.65 Å². The second-order valence-electron chi connectivity index (χ2n) is 2.69. The van der Waals surface area contributed by atoms with Crippen LogP contribution in [0.2, 0.25) is 0 Å². The van der Waals surface area contributed by atoms with Crippen LogP contribution in [0, 0.1) is 13.8 Å². The van der Waals surface area contributed by atoms with Gasteiger partial charge < -0.3 is 5.73 Å². The van der Waals surface area contributed by atoms with Crippen molar-refractivity contribution >= 4 is 11.5 Å². The van der Waals surface area contributed by atoms with Crippen LogP contribution in [0.15, 0.2) is 6.20 Å². The number of rotatable bonds is 0. The van der Waals surface area contributed by atoms with Crippen LogP contribution in [0.5, 0.6) is 0 Å². The molecule has 12 heavy (non-hydrogen) atoms. The number of nitrogens with zero attached hydrogens (tertiary/aromatic N) is 4. The summed E-state index contributed by atoms with van der Waals surface area (Å²) in [6.45, 7) is 3.73. The molecule has 62 valence electrons. The van der Waals surface area contributed by atoms with E-state index in [9.17, 15) is 0 Å². The average molecular weight is 163 g/mol. The van der Waals surface area contributed by atoms with E-state index in [0.29, 0.717) is 5.82 Å². The van der Waals surface area contributed by atoms with E-state index in [1.54, 1.807) is 6.20 Å². The summed E-state index contributed by atoms with van der Waals surface area (Å²) < 4.78 is 1.83. The standard InChI is InChI=1S/C7H9N5/c1-4-7-11-10-5(2)12(7)3-6(8)9-4/h3H,8H2,1-2H3. The molecule has 2 aromatic heterocycles. The van der Waals surface area contributed by atoms with Gasteiger partial charge in [-0.25, -0.2) is 4.98 Å². The minimum atomic E-state index is 0.489. The van der Waals surface area contributed by atoms with Crippen molar-refractivity contribution in [1.82, 2.24) is 19.6 Å². The first-order chi connectivity index (χ1) is 5.68. The molecular weight excluding hydrogens is 154 g/mol. The van der Waals surface area contributed by atoms with E-state index in [0.717, 1.165) is 17.2 Å². The van der Waals surface area contributed by atoms with Gasteiger partial charge in [0.25, 0.3) is 0 Å². The molecule has 2 rings (SSSR count). The van der Waals surface area contributed by atoms with Gasteiger partial charge in [-0.3, -0.25) is 4.40 Å². The van der Waals surface area contributed by atoms with Gasteiger partial charge in [0, 0.05) is 0 Å². The zero-order valence-electron chi connectivity index (χ0n) is 6.94. The van der Waals surface area contributed by atoms with E-state index in [1.165, 1.54) is 0 Å². The molecule has 2 aromatic rings. The van der Waals surface area contributed by atoms with E-state index in [2.05, 4.69) is 15.2 Å². The molecule has 0 amide bonds. The zero-order chi connectivity index (χ0) is 8.72. The number of nitrogens with two attached hydrogens (primary N) is 1. The van der Waals surface area contributed by atoms with Gasteiger partial charge in [0.1, 0.15) is 11.6 Å². The number of hydrogen-bond acceptors (Lipinski definition) is 4. The number of anilines is 1. The molecule has 0 aliphatic rings. The SMILES string of the molecule is Cc1nc(N)cn2c(C)nnc12. The van der Waals surface area contributed by atoms with E-state index < -0.39 is 0 Å². The minimum Gasteiger partial charge on any atom is -0.382 e. The van der Waals surface area contributed by atoms with Crippen LogP contribution < -0.4 is 5.73 Å². The van der Waals surface area contributed by atoms with Gasteiger partial charge in [-0.05, 0) is 13.8 Å². The largest absolute Gasteiger partial charge is 0.382 e. The van der Waals surface area contributed by atoms with Crippen LogP contribution >= 0.6 is 0 Å². The van der Waals surface area contributed by atoms with Crippen molar-refractivity contribution in [2.75, 3.05) is 5.73 Å². The summed E-state index contributed by atoms with van der Waals surface area (Å²) in [5.74, 6) is 1.31. The van der Waals surface area contributed by atoms with E-state index in [1.807, 2.05) is 18.2 Å². The van der Waals surface area contributed by atoms with Gasteiger partial charge in [-0.1, -0.05) is 0 Å². The predicted octanol–water partition coefficient (Wildman–Crippen LogP) is 0.323. The van der Waals surface area contributed by atoms with Crippen molar-refractivity contribution in [3.63, 3.8) is 0 Å². The summed E-state index contributed by atoms with van der Waals surface area (Å²) in [4.78, 5) is 4.07. The van der Waals surface area contributed by atoms with Crippen LogP contribution in [0.3, 0.4) is 0 Å². The number of nitrogen functional groups attached to an aromatic ring is 1. The lowest BCUT2D eigenvalue weighted by atomic mass is 10.4. The normalized spacial score (nSPS) is 10.8. The number of aryl methyl sites for hydroxylation is 2. The molecule has 0 bridgehead atoms. The number of fused-ring (bicyclic) bond motifs is 1. The first-order valence-corrected chi connectivity index (χ1v) is 3.63. The molecule has 0 saturated heterocycles. The van der Waals surface area contributed by atoms with E-state index >= 15 is 0 Å². The molecule has 5 nitrogen and oxygen atoms in total. The first kappa shape index (κ1) is 7.02. The summed E-state index contributed by atoms with van der Waals surface area (Å²) in [6.07, 6.45) is 1.72. The van der Waals surface area contributed by atoms with Crippen molar-refractivity contribution < 1.29 is 0 Å². The van der Waals surface area contributed by atoms with Crippen LogP contribution in [0.4, 0.5) is 5.82 Å². The zero-order valence-corrected chi connectivity index (χ0v) is 6.94. The maximum atomic E-state index is 5.57. The molecule has 0 radical (unpaired) electrons. The maximum Gasteiger partial charge on any atom is 0.182 e. The Morgan fingerprint density at radius 2 is 2.08 bits per heavy atom. The van der Waals surface area contributed by atoms with Crippen molar-refractivity contribution in [3.05, 3.63) is 17.7 Å². The van der Waals surface area contributed by atoms with Gasteiger partial charge >= 0.3 is 0 Å². The number of hydrogen-bond donors (Lipinski definition) is 1. The molecule has 2 N–H and O–H groups in total. The molecule has 0 aromatic carbocycles. The third-order valence-electron chi connectivity index (χ3n) is 1.75. The lowest BCUT2D eigenvalue weighted by molar-refractivity contribution is 1.00. The van der Waals surface area contributed by atoms with Crippen LogP contribution in [0.1, 0.15) is 11.5 Å². The first-order valence-electron chi connectivity index (χ1n) is 3.63. The van der Waals surface area contributed by atoms with E-state index in [4.69, 9.17) is 5.73 Å². The second-order valence-corrected chi connectivity index (χ2v) is 2.69. The van der Waals surface area contributed by atoms with Gasteiger partial charge in [0.05, 0.1) is 11.9 Å². The van der Waals surface area contributed by atoms with Crippen molar-refractivity contribution in [1.29, 1.82) is 0 Å². The summed E-state index contributed by atoms with van der Waals surface area (Å²) in [6, 6.07) is 0. The molecule has 0 aliphatic carbocycles. The fraction of sp³-hybridized carbons (Fsp3) is 0.286. The summed E-state index contributed by atoms with van der Waals surface area (Å²) in [7, 11) is 0. The van der Waals surface area contributed by atoms with Crippen LogP contribution in [0.25, 0.3) is 5.65 Å². The molecule has 0 saturated carbocycles. The molecular formula is C7H9N5. The number of aromatic nitrogens is 4. The van der Waals surface area contributed by atoms with Gasteiger partial charge in [0.2, 0.25) is 0 Å². The highest BCUT2D eigenvalue weighted by Gasteiger charge is 2.04. The smallest absolute Gasteiger partial charge is 0.182 e. The Morgan fingerprint density at radius 1 is 1.33 bits per heavy atom. The average Bonchev–Trinajstić information content (AvgIpc) is 2.33. The quantitative estimate of drug-likeness (QED) is 0.607. The van der Waals surface area contributed by atoms with E-state index in [-0.39, 0.29) is 0 Å². The Balaban J connectivity index is 2.92. The molecule has 0 fully saturated rings. The lowest BCUT2D eigenvalue weighted by Gasteiger charge is -1.98. The fourth-order valence-electron chi connectivity index (χ4n) is 1.18. The fourth-order valence-corrected chi connectivity index (χ4v) is 1.18. The topological polar surface area (TPSA) is 69.1 Å². The molecule has 5 heteroatoms. The Kier molecular flexibility index (Phi) is 1.27. The predicted molar refractivity (Wildman–Crippen MR) is 44.7 cm³/mol. The third-order valence-corrected chi connectivity index (χ3v) is 1.75. The Morgan fingerprint density at radius 3 is 2.83 bits per heavy atom. The summed E-state index contributed by atoms with van der Waals surface area (Å²) >= 11 is 0. The van der Waals surface area contributed by atoms with Gasteiger partial charge in [-0.15, -0.1) is 10.2 Å². The minimum absolute atomic E-state index is 0.489. The summed E-state index contributed by atoms with van der Waals surface area (Å²) in [5, 5.41) is 7.87. The van der Waals surface area contributed by atoms with Crippen LogP contribution in [-0.2, 0) is 0 Å². The van der Waals surface area contributed by atoms with Crippen molar-refractivity contribution in [2.24, 2.45) is 0 Å². The molecule has 0 unspecified atom stereocenters. The third kappa shape index (κ3) is 0.827. The molecule has 2 heterocycles. The highest BCUT2D eigenvalue weighted by molar-refractivity contribution is 5.46. The lowest BCUT2D eigenvalue weighted by Crippen LogP contribution is -1.98. The monoisotopic (exact) mass is 163 g/mol. The van der Waals surface area contributed by atoms with Gasteiger partial charge in [-0.2, -0.15) is 0 Å². The Labute approximate surface area is 69.2 Å². The van der Waals surface area contributed by atoms with Crippen LogP contribution in [-0.4, -0.2) is 19.6 Å². The Hall–Kier alpha value is -1.65. The highest BCUT2D eigenvalue weighted by Crippen LogP contribution is 2.08. The summed E-state index contributed by atoms with van der Waals surface area (Å²) in [5.41, 5.74) is 7.13. The molecule has 0 aliphatic heterocycles. The second kappa shape index (κ2) is 2.17. The highest BCUT2D eigenvalue weighted by atomic mass is 15.3. The Bertz CT molecular complexity index is 431. The molecule has 0 atom stereocenters. The maximum absolute atomic E-state index is 5.57. The molecule has 0 spiro atoms. The van der Waals surface area contributed by atoms with Crippen molar-refractivity contribution in [3.8, 4) is 0 Å². The van der Waals surface area contributed by atoms with Crippen molar-refractivity contribution in [2.45, 2.75) is 13.8 Å².